The Kier molecular flexibility index (Phi) is 8.20. The minimum atomic E-state index is -4.54. The maximum atomic E-state index is 13.3. The number of anilines is 1. The highest BCUT2D eigenvalue weighted by Crippen LogP contribution is 2.35. The Morgan fingerprint density at radius 1 is 1.38 bits per heavy atom. The predicted molar refractivity (Wildman–Crippen MR) is 84.0 cm³/mol. The van der Waals surface area contributed by atoms with Crippen molar-refractivity contribution in [1.82, 2.24) is 5.43 Å². The summed E-state index contributed by atoms with van der Waals surface area (Å²) in [6, 6.07) is 3.76. The van der Waals surface area contributed by atoms with Gasteiger partial charge in [-0.05, 0) is 19.1 Å². The third-order valence-corrected chi connectivity index (χ3v) is 2.96. The fraction of sp³-hybridized carbons (Fsp3) is 0.467. The molecule has 0 fully saturated rings. The summed E-state index contributed by atoms with van der Waals surface area (Å²) in [6.07, 6.45) is -4.22. The number of hydrogen-bond donors (Lipinski definition) is 2. The smallest absolute Gasteiger partial charge is 0.382 e. The fourth-order valence-electron chi connectivity index (χ4n) is 1.94. The van der Waals surface area contributed by atoms with Gasteiger partial charge in [-0.2, -0.15) is 18.3 Å². The molecule has 0 aliphatic rings. The third kappa shape index (κ3) is 6.17. The number of hydrogen-bond acceptors (Lipinski definition) is 5. The van der Waals surface area contributed by atoms with Crippen molar-refractivity contribution in [2.24, 2.45) is 5.10 Å². The molecule has 24 heavy (non-hydrogen) atoms. The van der Waals surface area contributed by atoms with Crippen LogP contribution in [0.3, 0.4) is 0 Å². The zero-order valence-electron chi connectivity index (χ0n) is 13.4. The number of hydrazone groups is 1. The van der Waals surface area contributed by atoms with Gasteiger partial charge in [0, 0.05) is 31.5 Å². The molecule has 0 unspecified atom stereocenters. The molecule has 0 saturated carbocycles. The van der Waals surface area contributed by atoms with Crippen LogP contribution in [0.25, 0.3) is 0 Å². The molecule has 0 aliphatic heterocycles. The molecule has 0 atom stereocenters. The lowest BCUT2D eigenvalue weighted by molar-refractivity contribution is -0.137. The van der Waals surface area contributed by atoms with Crippen LogP contribution in [0.15, 0.2) is 23.3 Å². The molecule has 0 spiro atoms. The number of rotatable bonds is 10. The first kappa shape index (κ1) is 19.9. The maximum absolute atomic E-state index is 13.3. The Morgan fingerprint density at radius 2 is 2.12 bits per heavy atom. The second-order valence-corrected chi connectivity index (χ2v) is 4.62. The number of methoxy groups -OCH3 is 1. The first-order chi connectivity index (χ1) is 11.4. The lowest BCUT2D eigenvalue weighted by Crippen LogP contribution is -2.18. The molecule has 1 aromatic carbocycles. The van der Waals surface area contributed by atoms with Crippen LogP contribution < -0.4 is 10.7 Å². The van der Waals surface area contributed by atoms with Crippen LogP contribution in [0.2, 0.25) is 0 Å². The van der Waals surface area contributed by atoms with Crippen molar-refractivity contribution in [2.75, 3.05) is 38.8 Å². The van der Waals surface area contributed by atoms with Gasteiger partial charge >= 0.3 is 6.18 Å². The molecular formula is C15H20F3N3O3. The topological polar surface area (TPSA) is 71.9 Å². The Labute approximate surface area is 138 Å². The highest BCUT2D eigenvalue weighted by molar-refractivity contribution is 6.02. The van der Waals surface area contributed by atoms with Crippen molar-refractivity contribution in [3.8, 4) is 0 Å². The van der Waals surface area contributed by atoms with Crippen LogP contribution in [0.1, 0.15) is 18.1 Å². The zero-order chi connectivity index (χ0) is 18.0. The van der Waals surface area contributed by atoms with Crippen LogP contribution in [-0.2, 0) is 20.4 Å². The molecular weight excluding hydrogens is 327 g/mol. The molecule has 0 heterocycles. The van der Waals surface area contributed by atoms with E-state index in [1.807, 2.05) is 0 Å². The second-order valence-electron chi connectivity index (χ2n) is 4.62. The average Bonchev–Trinajstić information content (AvgIpc) is 2.55. The van der Waals surface area contributed by atoms with E-state index in [1.54, 1.807) is 6.92 Å². The Hall–Kier alpha value is -2.13. The van der Waals surface area contributed by atoms with Crippen LogP contribution in [-0.4, -0.2) is 45.6 Å². The molecule has 0 radical (unpaired) electrons. The monoisotopic (exact) mass is 347 g/mol. The van der Waals surface area contributed by atoms with E-state index in [0.717, 1.165) is 6.07 Å². The Balaban J connectivity index is 3.10. The Bertz CT molecular complexity index is 563. The van der Waals surface area contributed by atoms with E-state index >= 15 is 0 Å². The molecule has 1 amide bonds. The fourth-order valence-corrected chi connectivity index (χ4v) is 1.94. The van der Waals surface area contributed by atoms with Crippen molar-refractivity contribution < 1.29 is 27.4 Å². The standard InChI is InChI=1S/C15H20F3N3O3/c1-3-24-7-6-19-13-5-4-11(8-12(13)15(16,17)18)14(9-23-2)21-20-10-22/h4-5,8,10,19H,3,6-7,9H2,1-2H3,(H,20,22)/b21-14+. The number of amides is 1. The van der Waals surface area contributed by atoms with E-state index in [2.05, 4.69) is 15.8 Å². The molecule has 134 valence electrons. The van der Waals surface area contributed by atoms with Crippen molar-refractivity contribution in [2.45, 2.75) is 13.1 Å². The van der Waals surface area contributed by atoms with Gasteiger partial charge in [-0.3, -0.25) is 4.79 Å². The number of ether oxygens (including phenoxy) is 2. The third-order valence-electron chi connectivity index (χ3n) is 2.96. The van der Waals surface area contributed by atoms with E-state index in [-0.39, 0.29) is 30.1 Å². The molecule has 0 aliphatic carbocycles. The summed E-state index contributed by atoms with van der Waals surface area (Å²) in [5.41, 5.74) is 1.57. The van der Waals surface area contributed by atoms with E-state index in [4.69, 9.17) is 9.47 Å². The number of halogens is 3. The second kappa shape index (κ2) is 9.89. The van der Waals surface area contributed by atoms with Gasteiger partial charge < -0.3 is 14.8 Å². The van der Waals surface area contributed by atoms with Gasteiger partial charge in [-0.25, -0.2) is 5.43 Å². The van der Waals surface area contributed by atoms with E-state index in [9.17, 15) is 18.0 Å². The highest BCUT2D eigenvalue weighted by atomic mass is 19.4. The largest absolute Gasteiger partial charge is 0.418 e. The molecule has 0 saturated heterocycles. The maximum Gasteiger partial charge on any atom is 0.418 e. The molecule has 1 rings (SSSR count). The van der Waals surface area contributed by atoms with Crippen LogP contribution in [0.5, 0.6) is 0 Å². The minimum absolute atomic E-state index is 0.0464. The first-order valence-corrected chi connectivity index (χ1v) is 7.22. The summed E-state index contributed by atoms with van der Waals surface area (Å²) >= 11 is 0. The van der Waals surface area contributed by atoms with Crippen molar-refractivity contribution in [3.63, 3.8) is 0 Å². The molecule has 9 heteroatoms. The van der Waals surface area contributed by atoms with Gasteiger partial charge in [0.1, 0.15) is 0 Å². The van der Waals surface area contributed by atoms with E-state index in [1.165, 1.54) is 19.2 Å². The number of benzene rings is 1. The van der Waals surface area contributed by atoms with Crippen molar-refractivity contribution in [1.29, 1.82) is 0 Å². The van der Waals surface area contributed by atoms with Gasteiger partial charge in [-0.1, -0.05) is 6.07 Å². The summed E-state index contributed by atoms with van der Waals surface area (Å²) in [7, 11) is 1.38. The lowest BCUT2D eigenvalue weighted by Gasteiger charge is -2.16. The highest BCUT2D eigenvalue weighted by Gasteiger charge is 2.34. The number of nitrogens with one attached hydrogen (secondary N) is 2. The van der Waals surface area contributed by atoms with Gasteiger partial charge in [0.05, 0.1) is 24.5 Å². The van der Waals surface area contributed by atoms with Gasteiger partial charge in [0.2, 0.25) is 6.41 Å². The zero-order valence-corrected chi connectivity index (χ0v) is 13.4. The molecule has 0 aromatic heterocycles. The van der Waals surface area contributed by atoms with Crippen LogP contribution in [0.4, 0.5) is 18.9 Å². The predicted octanol–water partition coefficient (Wildman–Crippen LogP) is 2.25. The van der Waals surface area contributed by atoms with Gasteiger partial charge in [-0.15, -0.1) is 0 Å². The summed E-state index contributed by atoms with van der Waals surface area (Å²) in [5.74, 6) is 0. The SMILES string of the molecule is CCOCCNc1ccc(/C(COC)=N/NC=O)cc1C(F)(F)F. The van der Waals surface area contributed by atoms with Crippen molar-refractivity contribution >= 4 is 17.8 Å². The molecule has 1 aromatic rings. The minimum Gasteiger partial charge on any atom is -0.382 e. The summed E-state index contributed by atoms with van der Waals surface area (Å²) in [5, 5.41) is 6.42. The number of carbonyl (C=O) groups is 1. The van der Waals surface area contributed by atoms with E-state index in [0.29, 0.717) is 19.6 Å². The summed E-state index contributed by atoms with van der Waals surface area (Å²) < 4.78 is 49.9. The van der Waals surface area contributed by atoms with Crippen molar-refractivity contribution in [3.05, 3.63) is 29.3 Å². The number of nitrogens with zero attached hydrogens (tertiary/aromatic N) is 1. The quantitative estimate of drug-likeness (QED) is 0.295. The van der Waals surface area contributed by atoms with Crippen LogP contribution in [0, 0.1) is 0 Å². The van der Waals surface area contributed by atoms with Crippen LogP contribution >= 0.6 is 0 Å². The average molecular weight is 347 g/mol. The summed E-state index contributed by atoms with van der Waals surface area (Å²) in [4.78, 5) is 10.3. The Morgan fingerprint density at radius 3 is 2.71 bits per heavy atom. The molecule has 6 nitrogen and oxygen atoms in total. The first-order valence-electron chi connectivity index (χ1n) is 7.22. The molecule has 2 N–H and O–H groups in total. The van der Waals surface area contributed by atoms with Gasteiger partial charge in [0.25, 0.3) is 0 Å². The lowest BCUT2D eigenvalue weighted by atomic mass is 10.0. The van der Waals surface area contributed by atoms with Gasteiger partial charge in [0.15, 0.2) is 0 Å². The number of carbonyl (C=O) groups excluding carboxylic acids is 1. The normalized spacial score (nSPS) is 12.1. The molecule has 0 bridgehead atoms. The number of alkyl halides is 3. The van der Waals surface area contributed by atoms with E-state index < -0.39 is 11.7 Å². The summed E-state index contributed by atoms with van der Waals surface area (Å²) in [6.45, 7) is 2.81.